The van der Waals surface area contributed by atoms with Crippen molar-refractivity contribution in [2.45, 2.75) is 39.7 Å². The number of rotatable bonds is 9. The van der Waals surface area contributed by atoms with Gasteiger partial charge in [-0.2, -0.15) is 11.8 Å². The van der Waals surface area contributed by atoms with Crippen molar-refractivity contribution >= 4 is 41.7 Å². The van der Waals surface area contributed by atoms with E-state index in [1.165, 1.54) is 18.6 Å². The second-order valence-corrected chi connectivity index (χ2v) is 6.40. The van der Waals surface area contributed by atoms with Gasteiger partial charge in [-0.05, 0) is 31.8 Å². The van der Waals surface area contributed by atoms with E-state index in [9.17, 15) is 0 Å². The van der Waals surface area contributed by atoms with Gasteiger partial charge >= 0.3 is 0 Å². The Morgan fingerprint density at radius 2 is 2.09 bits per heavy atom. The topological polar surface area (TPSA) is 58.3 Å². The Bertz CT molecular complexity index is 463. The van der Waals surface area contributed by atoms with E-state index in [1.54, 1.807) is 0 Å². The quantitative estimate of drug-likeness (QED) is 0.269. The highest BCUT2D eigenvalue weighted by Gasteiger charge is 2.08. The third kappa shape index (κ3) is 8.23. The van der Waals surface area contributed by atoms with Crippen LogP contribution >= 0.6 is 35.7 Å². The maximum atomic E-state index is 4.72. The maximum absolute atomic E-state index is 4.72. The molecule has 0 fully saturated rings. The number of nitrogens with zero attached hydrogens (tertiary/aromatic N) is 5. The third-order valence-electron chi connectivity index (χ3n) is 3.57. The van der Waals surface area contributed by atoms with Crippen molar-refractivity contribution in [2.24, 2.45) is 12.0 Å². The van der Waals surface area contributed by atoms with Crippen LogP contribution < -0.4 is 5.32 Å². The monoisotopic (exact) mass is 454 g/mol. The number of unbranched alkanes of at least 4 members (excludes halogenated alkanes) is 1. The molecule has 0 amide bonds. The summed E-state index contributed by atoms with van der Waals surface area (Å²) in [7, 11) is 4.07. The van der Waals surface area contributed by atoms with Crippen molar-refractivity contribution in [3.63, 3.8) is 0 Å². The molecule has 1 rings (SSSR count). The molecule has 0 spiro atoms. The third-order valence-corrected chi connectivity index (χ3v) is 4.27. The fraction of sp³-hybridized carbons (Fsp3) is 0.800. The molecular formula is C15H31IN6S. The molecule has 0 atom stereocenters. The first-order valence-electron chi connectivity index (χ1n) is 7.93. The number of hydrogen-bond donors (Lipinski definition) is 1. The van der Waals surface area contributed by atoms with E-state index in [4.69, 9.17) is 4.99 Å². The molecule has 1 aromatic rings. The number of nitrogens with one attached hydrogen (secondary N) is 1. The first-order chi connectivity index (χ1) is 10.6. The van der Waals surface area contributed by atoms with Crippen molar-refractivity contribution in [1.29, 1.82) is 0 Å². The van der Waals surface area contributed by atoms with Gasteiger partial charge in [0.2, 0.25) is 0 Å². The van der Waals surface area contributed by atoms with Crippen LogP contribution in [0, 0.1) is 6.92 Å². The molecule has 0 aromatic carbocycles. The molecule has 1 heterocycles. The Kier molecular flexibility index (Phi) is 12.6. The van der Waals surface area contributed by atoms with Crippen molar-refractivity contribution in [2.75, 3.05) is 32.1 Å². The van der Waals surface area contributed by atoms with E-state index in [1.807, 2.05) is 30.3 Å². The summed E-state index contributed by atoms with van der Waals surface area (Å²) in [4.78, 5) is 6.92. The summed E-state index contributed by atoms with van der Waals surface area (Å²) in [5.74, 6) is 3.93. The summed E-state index contributed by atoms with van der Waals surface area (Å²) >= 11 is 1.88. The largest absolute Gasteiger partial charge is 0.356 e. The van der Waals surface area contributed by atoms with Crippen LogP contribution in [0.15, 0.2) is 4.99 Å². The maximum Gasteiger partial charge on any atom is 0.194 e. The van der Waals surface area contributed by atoms with Crippen molar-refractivity contribution in [3.8, 4) is 0 Å². The number of aliphatic imine (C=N–C) groups is 1. The van der Waals surface area contributed by atoms with Gasteiger partial charge in [0.05, 0.1) is 0 Å². The molecular weight excluding hydrogens is 423 g/mol. The molecule has 1 aromatic heterocycles. The average Bonchev–Trinajstić information content (AvgIpc) is 2.83. The Morgan fingerprint density at radius 1 is 1.35 bits per heavy atom. The van der Waals surface area contributed by atoms with Crippen molar-refractivity contribution in [1.82, 2.24) is 25.0 Å². The molecule has 23 heavy (non-hydrogen) atoms. The molecule has 0 bridgehead atoms. The van der Waals surface area contributed by atoms with Crippen LogP contribution in [0.25, 0.3) is 0 Å². The van der Waals surface area contributed by atoms with E-state index < -0.39 is 0 Å². The van der Waals surface area contributed by atoms with Gasteiger partial charge in [0, 0.05) is 27.2 Å². The molecule has 0 aliphatic rings. The fourth-order valence-electron chi connectivity index (χ4n) is 1.96. The van der Waals surface area contributed by atoms with Gasteiger partial charge in [-0.15, -0.1) is 34.2 Å². The number of thioether (sulfide) groups is 1. The predicted molar refractivity (Wildman–Crippen MR) is 111 cm³/mol. The van der Waals surface area contributed by atoms with Gasteiger partial charge in [-0.25, -0.2) is 4.99 Å². The summed E-state index contributed by atoms with van der Waals surface area (Å²) in [5, 5.41) is 11.7. The lowest BCUT2D eigenvalue weighted by Gasteiger charge is -2.22. The zero-order valence-electron chi connectivity index (χ0n) is 15.0. The zero-order chi connectivity index (χ0) is 16.4. The summed E-state index contributed by atoms with van der Waals surface area (Å²) in [6.45, 7) is 6.68. The lowest BCUT2D eigenvalue weighted by Crippen LogP contribution is -2.40. The van der Waals surface area contributed by atoms with Crippen LogP contribution in [0.2, 0.25) is 0 Å². The molecule has 0 radical (unpaired) electrons. The summed E-state index contributed by atoms with van der Waals surface area (Å²) in [6.07, 6.45) is 5.64. The molecule has 0 unspecified atom stereocenters. The highest BCUT2D eigenvalue weighted by Crippen LogP contribution is 2.01. The fourth-order valence-corrected chi connectivity index (χ4v) is 2.40. The average molecular weight is 454 g/mol. The number of aryl methyl sites for hydroxylation is 1. The van der Waals surface area contributed by atoms with Crippen LogP contribution in [0.1, 0.15) is 37.8 Å². The lowest BCUT2D eigenvalue weighted by molar-refractivity contribution is 0.462. The van der Waals surface area contributed by atoms with Gasteiger partial charge < -0.3 is 14.8 Å². The first kappa shape index (κ1) is 22.5. The smallest absolute Gasteiger partial charge is 0.194 e. The van der Waals surface area contributed by atoms with E-state index in [0.29, 0.717) is 6.54 Å². The molecule has 1 N–H and O–H groups in total. The summed E-state index contributed by atoms with van der Waals surface area (Å²) in [6, 6.07) is 0. The van der Waals surface area contributed by atoms with E-state index in [-0.39, 0.29) is 24.0 Å². The predicted octanol–water partition coefficient (Wildman–Crippen LogP) is 2.67. The van der Waals surface area contributed by atoms with E-state index in [2.05, 4.69) is 40.6 Å². The van der Waals surface area contributed by atoms with E-state index in [0.717, 1.165) is 37.1 Å². The molecule has 0 aliphatic heterocycles. The zero-order valence-corrected chi connectivity index (χ0v) is 18.1. The van der Waals surface area contributed by atoms with Crippen LogP contribution in [-0.2, 0) is 13.6 Å². The number of hydrogen-bond acceptors (Lipinski definition) is 4. The minimum absolute atomic E-state index is 0. The number of aromatic nitrogens is 3. The Balaban J connectivity index is 0.00000484. The van der Waals surface area contributed by atoms with E-state index >= 15 is 0 Å². The van der Waals surface area contributed by atoms with Gasteiger partial charge in [-0.3, -0.25) is 0 Å². The molecule has 134 valence electrons. The standard InChI is InChI=1S/C15H30N6S.HI/c1-6-7-10-20(3)15(16-9-8-11-22-5)17-12-14-19-18-13(2)21(14)4;/h6-12H2,1-5H3,(H,16,17);1H. The highest BCUT2D eigenvalue weighted by atomic mass is 127. The number of guanidine groups is 1. The Hall–Kier alpha value is -0.510. The molecule has 0 saturated carbocycles. The lowest BCUT2D eigenvalue weighted by atomic mass is 10.3. The number of halogens is 1. The molecule has 0 saturated heterocycles. The van der Waals surface area contributed by atoms with Crippen LogP contribution in [0.5, 0.6) is 0 Å². The first-order valence-corrected chi connectivity index (χ1v) is 9.32. The van der Waals surface area contributed by atoms with Crippen LogP contribution in [0.3, 0.4) is 0 Å². The van der Waals surface area contributed by atoms with Gasteiger partial charge in [-0.1, -0.05) is 13.3 Å². The normalized spacial score (nSPS) is 11.3. The van der Waals surface area contributed by atoms with Crippen LogP contribution in [0.4, 0.5) is 0 Å². The molecule has 0 aliphatic carbocycles. The second kappa shape index (κ2) is 12.9. The van der Waals surface area contributed by atoms with Gasteiger partial charge in [0.1, 0.15) is 12.4 Å². The minimum Gasteiger partial charge on any atom is -0.356 e. The van der Waals surface area contributed by atoms with Crippen molar-refractivity contribution in [3.05, 3.63) is 11.6 Å². The van der Waals surface area contributed by atoms with Crippen LogP contribution in [-0.4, -0.2) is 57.8 Å². The minimum atomic E-state index is 0. The van der Waals surface area contributed by atoms with Gasteiger partial charge in [0.25, 0.3) is 0 Å². The summed E-state index contributed by atoms with van der Waals surface area (Å²) in [5.41, 5.74) is 0. The highest BCUT2D eigenvalue weighted by molar-refractivity contribution is 14.0. The Labute approximate surface area is 161 Å². The SMILES string of the molecule is CCCCN(C)C(=NCc1nnc(C)n1C)NCCCSC.I. The Morgan fingerprint density at radius 3 is 2.65 bits per heavy atom. The molecule has 6 nitrogen and oxygen atoms in total. The second-order valence-electron chi connectivity index (χ2n) is 5.41. The summed E-state index contributed by atoms with van der Waals surface area (Å²) < 4.78 is 1.99. The van der Waals surface area contributed by atoms with Crippen molar-refractivity contribution < 1.29 is 0 Å². The van der Waals surface area contributed by atoms with Gasteiger partial charge in [0.15, 0.2) is 11.8 Å². The molecule has 8 heteroatoms.